The van der Waals surface area contributed by atoms with Crippen LogP contribution in [0.4, 0.5) is 4.79 Å². The first-order valence-electron chi connectivity index (χ1n) is 7.74. The third kappa shape index (κ3) is 4.25. The van der Waals surface area contributed by atoms with Gasteiger partial charge in [-0.2, -0.15) is 0 Å². The zero-order valence-corrected chi connectivity index (χ0v) is 13.8. The van der Waals surface area contributed by atoms with Gasteiger partial charge < -0.3 is 14.8 Å². The fraction of sp³-hybridized carbons (Fsp3) is 0.263. The van der Waals surface area contributed by atoms with Gasteiger partial charge in [-0.1, -0.05) is 37.3 Å². The summed E-state index contributed by atoms with van der Waals surface area (Å²) in [5.74, 6) is 2.56. The Morgan fingerprint density at radius 2 is 1.74 bits per heavy atom. The molecule has 1 radical (unpaired) electrons. The van der Waals surface area contributed by atoms with Gasteiger partial charge in [-0.05, 0) is 37.1 Å². The molecule has 0 aliphatic rings. The van der Waals surface area contributed by atoms with Crippen LogP contribution in [0.15, 0.2) is 48.5 Å². The number of nitrogens with one attached hydrogen (secondary N) is 1. The summed E-state index contributed by atoms with van der Waals surface area (Å²) >= 11 is 0. The molecule has 1 N–H and O–H groups in total. The minimum atomic E-state index is -0.440. The van der Waals surface area contributed by atoms with Crippen LogP contribution in [-0.4, -0.2) is 19.7 Å². The third-order valence-electron chi connectivity index (χ3n) is 3.52. The minimum Gasteiger partial charge on any atom is -0.496 e. The number of carbonyl (C=O) groups is 1. The molecular weight excluding hydrogens is 290 g/mol. The Bertz CT molecular complexity index is 637. The number of benzene rings is 2. The number of ether oxygens (including phenoxy) is 2. The van der Waals surface area contributed by atoms with Crippen LogP contribution < -0.4 is 14.8 Å². The van der Waals surface area contributed by atoms with Crippen LogP contribution in [0.25, 0.3) is 0 Å². The second kappa shape index (κ2) is 8.22. The van der Waals surface area contributed by atoms with Crippen molar-refractivity contribution in [3.8, 4) is 11.5 Å². The van der Waals surface area contributed by atoms with Gasteiger partial charge in [0, 0.05) is 18.0 Å². The molecule has 0 atom stereocenters. The summed E-state index contributed by atoms with van der Waals surface area (Å²) in [5, 5.41) is 2.60. The van der Waals surface area contributed by atoms with Crippen molar-refractivity contribution in [2.45, 2.75) is 20.3 Å². The number of carbonyl (C=O) groups excluding carboxylic acids is 1. The van der Waals surface area contributed by atoms with E-state index in [2.05, 4.69) is 18.3 Å². The van der Waals surface area contributed by atoms with E-state index in [1.807, 2.05) is 37.3 Å². The van der Waals surface area contributed by atoms with E-state index in [1.54, 1.807) is 19.2 Å². The van der Waals surface area contributed by atoms with Gasteiger partial charge in [0.05, 0.1) is 7.11 Å². The highest BCUT2D eigenvalue weighted by Gasteiger charge is 2.17. The third-order valence-corrected chi connectivity index (χ3v) is 3.52. The summed E-state index contributed by atoms with van der Waals surface area (Å²) in [7, 11) is 1.68. The Morgan fingerprint density at radius 3 is 2.35 bits per heavy atom. The van der Waals surface area contributed by atoms with Crippen LogP contribution in [-0.2, 0) is 0 Å². The van der Waals surface area contributed by atoms with Crippen LogP contribution in [0.2, 0.25) is 0 Å². The quantitative estimate of drug-likeness (QED) is 0.870. The first kappa shape index (κ1) is 16.9. The van der Waals surface area contributed by atoms with E-state index in [9.17, 15) is 4.79 Å². The van der Waals surface area contributed by atoms with Gasteiger partial charge in [-0.15, -0.1) is 0 Å². The Morgan fingerprint density at radius 1 is 1.04 bits per heavy atom. The number of para-hydroxylation sites is 1. The van der Waals surface area contributed by atoms with Crippen LogP contribution in [0, 0.1) is 5.92 Å². The van der Waals surface area contributed by atoms with Crippen molar-refractivity contribution in [3.63, 3.8) is 0 Å². The fourth-order valence-corrected chi connectivity index (χ4v) is 2.46. The van der Waals surface area contributed by atoms with Crippen LogP contribution >= 0.6 is 0 Å². The average Bonchev–Trinajstić information content (AvgIpc) is 2.57. The molecule has 0 bridgehead atoms. The molecule has 0 saturated carbocycles. The molecule has 0 unspecified atom stereocenters. The highest BCUT2D eigenvalue weighted by molar-refractivity contribution is 5.70. The maximum Gasteiger partial charge on any atom is 0.412 e. The van der Waals surface area contributed by atoms with E-state index in [4.69, 9.17) is 9.47 Å². The average molecular weight is 312 g/mol. The van der Waals surface area contributed by atoms with Gasteiger partial charge in [0.1, 0.15) is 11.5 Å². The first-order chi connectivity index (χ1) is 11.2. The number of amides is 1. The second-order valence-corrected chi connectivity index (χ2v) is 4.98. The highest BCUT2D eigenvalue weighted by Crippen LogP contribution is 2.33. The van der Waals surface area contributed by atoms with Crippen molar-refractivity contribution in [1.29, 1.82) is 0 Å². The first-order valence-corrected chi connectivity index (χ1v) is 7.74. The molecule has 2 rings (SSSR count). The molecule has 0 aromatic heterocycles. The monoisotopic (exact) mass is 312 g/mol. The van der Waals surface area contributed by atoms with Gasteiger partial charge >= 0.3 is 6.09 Å². The fourth-order valence-electron chi connectivity index (χ4n) is 2.46. The van der Waals surface area contributed by atoms with Crippen molar-refractivity contribution in [3.05, 3.63) is 65.6 Å². The summed E-state index contributed by atoms with van der Waals surface area (Å²) in [5.41, 5.74) is 2.16. The predicted molar refractivity (Wildman–Crippen MR) is 90.9 cm³/mol. The van der Waals surface area contributed by atoms with Crippen molar-refractivity contribution in [2.75, 3.05) is 13.7 Å². The van der Waals surface area contributed by atoms with Crippen molar-refractivity contribution < 1.29 is 14.3 Å². The Hall–Kier alpha value is -2.49. The standard InChI is InChI=1S/C19H22NO3/c1-4-16(17-8-6-7-9-18(17)22-3)14-10-12-15(13-11-14)23-19(21)20-5-2/h6-13H,4-5H2,1-3H3,(H,20,21). The van der Waals surface area contributed by atoms with Gasteiger partial charge in [-0.3, -0.25) is 0 Å². The Labute approximate surface area is 137 Å². The van der Waals surface area contributed by atoms with E-state index < -0.39 is 6.09 Å². The lowest BCUT2D eigenvalue weighted by molar-refractivity contribution is 0.201. The smallest absolute Gasteiger partial charge is 0.412 e. The lowest BCUT2D eigenvalue weighted by atomic mass is 9.88. The SMILES string of the molecule is CCNC(=O)Oc1ccc([C](CC)c2ccccc2OC)cc1. The molecule has 2 aromatic rings. The molecule has 4 heteroatoms. The van der Waals surface area contributed by atoms with Gasteiger partial charge in [0.2, 0.25) is 0 Å². The number of rotatable bonds is 6. The number of methoxy groups -OCH3 is 1. The molecule has 0 aliphatic heterocycles. The summed E-state index contributed by atoms with van der Waals surface area (Å²) < 4.78 is 10.6. The largest absolute Gasteiger partial charge is 0.496 e. The number of hydrogen-bond donors (Lipinski definition) is 1. The molecular formula is C19H22NO3. The minimum absolute atomic E-state index is 0.440. The lowest BCUT2D eigenvalue weighted by Gasteiger charge is -2.18. The van der Waals surface area contributed by atoms with E-state index in [1.165, 1.54) is 5.92 Å². The van der Waals surface area contributed by atoms with Gasteiger partial charge in [0.15, 0.2) is 0 Å². The Kier molecular flexibility index (Phi) is 6.03. The molecule has 0 heterocycles. The summed E-state index contributed by atoms with van der Waals surface area (Å²) in [4.78, 5) is 11.4. The van der Waals surface area contributed by atoms with Crippen LogP contribution in [0.1, 0.15) is 31.4 Å². The van der Waals surface area contributed by atoms with Crippen molar-refractivity contribution >= 4 is 6.09 Å². The maximum atomic E-state index is 11.4. The summed E-state index contributed by atoms with van der Waals surface area (Å²) in [6, 6.07) is 15.5. The normalized spacial score (nSPS) is 10.4. The molecule has 1 amide bonds. The van der Waals surface area contributed by atoms with Gasteiger partial charge in [0.25, 0.3) is 0 Å². The topological polar surface area (TPSA) is 47.6 Å². The zero-order valence-electron chi connectivity index (χ0n) is 13.8. The molecule has 0 aliphatic carbocycles. The molecule has 0 saturated heterocycles. The second-order valence-electron chi connectivity index (χ2n) is 4.98. The van der Waals surface area contributed by atoms with Crippen molar-refractivity contribution in [2.24, 2.45) is 0 Å². The van der Waals surface area contributed by atoms with Crippen LogP contribution in [0.5, 0.6) is 11.5 Å². The van der Waals surface area contributed by atoms with Crippen molar-refractivity contribution in [1.82, 2.24) is 5.32 Å². The Balaban J connectivity index is 2.20. The molecule has 2 aromatic carbocycles. The van der Waals surface area contributed by atoms with E-state index in [0.29, 0.717) is 12.3 Å². The number of hydrogen-bond acceptors (Lipinski definition) is 3. The maximum absolute atomic E-state index is 11.4. The van der Waals surface area contributed by atoms with Gasteiger partial charge in [-0.25, -0.2) is 4.79 Å². The summed E-state index contributed by atoms with van der Waals surface area (Å²) in [6.45, 7) is 4.50. The molecule has 121 valence electrons. The van der Waals surface area contributed by atoms with E-state index in [0.717, 1.165) is 23.3 Å². The lowest BCUT2D eigenvalue weighted by Crippen LogP contribution is -2.26. The highest BCUT2D eigenvalue weighted by atomic mass is 16.6. The molecule has 23 heavy (non-hydrogen) atoms. The zero-order chi connectivity index (χ0) is 16.7. The van der Waals surface area contributed by atoms with Crippen LogP contribution in [0.3, 0.4) is 0 Å². The molecule has 4 nitrogen and oxygen atoms in total. The molecule has 0 fully saturated rings. The van der Waals surface area contributed by atoms with E-state index >= 15 is 0 Å². The van der Waals surface area contributed by atoms with E-state index in [-0.39, 0.29) is 0 Å². The predicted octanol–water partition coefficient (Wildman–Crippen LogP) is 4.18. The summed E-state index contributed by atoms with van der Waals surface area (Å²) in [6.07, 6.45) is 0.432. The molecule has 0 spiro atoms.